The molecule has 0 fully saturated rings. The fourth-order valence-corrected chi connectivity index (χ4v) is 2.80. The van der Waals surface area contributed by atoms with Gasteiger partial charge < -0.3 is 5.11 Å². The molecule has 6 heteroatoms. The van der Waals surface area contributed by atoms with E-state index in [1.807, 2.05) is 13.0 Å². The summed E-state index contributed by atoms with van der Waals surface area (Å²) in [5, 5.41) is 8.84. The molecule has 0 aliphatic rings. The Morgan fingerprint density at radius 3 is 2.94 bits per heavy atom. The van der Waals surface area contributed by atoms with Crippen molar-refractivity contribution in [2.45, 2.75) is 16.2 Å². The average Bonchev–Trinajstić information content (AvgIpc) is 2.64. The van der Waals surface area contributed by atoms with Crippen LogP contribution in [0.1, 0.15) is 16.2 Å². The number of benzene rings is 1. The highest BCUT2D eigenvalue weighted by molar-refractivity contribution is 8.01. The Balaban J connectivity index is 2.21. The van der Waals surface area contributed by atoms with Gasteiger partial charge in [0, 0.05) is 4.90 Å². The van der Waals surface area contributed by atoms with Gasteiger partial charge in [-0.05, 0) is 36.7 Å². The van der Waals surface area contributed by atoms with E-state index in [-0.39, 0.29) is 5.56 Å². The summed E-state index contributed by atoms with van der Waals surface area (Å²) in [4.78, 5) is 15.8. The van der Waals surface area contributed by atoms with Crippen LogP contribution in [0.2, 0.25) is 0 Å². The van der Waals surface area contributed by atoms with Gasteiger partial charge >= 0.3 is 5.97 Å². The summed E-state index contributed by atoms with van der Waals surface area (Å²) in [5.41, 5.74) is 0.284. The summed E-state index contributed by atoms with van der Waals surface area (Å²) in [6.07, 6.45) is 0. The van der Waals surface area contributed by atoms with Crippen LogP contribution in [0.25, 0.3) is 0 Å². The Kier molecular flexibility index (Phi) is 3.21. The van der Waals surface area contributed by atoms with E-state index in [9.17, 15) is 4.79 Å². The van der Waals surface area contributed by atoms with Gasteiger partial charge in [-0.1, -0.05) is 17.8 Å². The zero-order chi connectivity index (χ0) is 11.5. The van der Waals surface area contributed by atoms with Gasteiger partial charge in [-0.3, -0.25) is 0 Å². The minimum Gasteiger partial charge on any atom is -0.478 e. The minimum atomic E-state index is -0.920. The molecule has 0 saturated carbocycles. The number of carboxylic acids is 1. The van der Waals surface area contributed by atoms with Crippen molar-refractivity contribution < 1.29 is 9.90 Å². The number of hydrogen-bond donors (Lipinski definition) is 1. The largest absolute Gasteiger partial charge is 0.478 e. The predicted molar refractivity (Wildman–Crippen MR) is 62.2 cm³/mol. The smallest absolute Gasteiger partial charge is 0.335 e. The molecule has 2 aromatic rings. The van der Waals surface area contributed by atoms with Crippen LogP contribution in [0, 0.1) is 6.92 Å². The van der Waals surface area contributed by atoms with Crippen LogP contribution in [0.3, 0.4) is 0 Å². The fraction of sp³-hybridized carbons (Fsp3) is 0.100. The standard InChI is InChI=1S/C10H8N2O2S2/c1-6-11-10(16-12-6)15-8-4-2-3-7(5-8)9(13)14/h2-5H,1H3,(H,13,14). The number of aromatic carboxylic acids is 1. The molecule has 0 amide bonds. The van der Waals surface area contributed by atoms with Gasteiger partial charge in [-0.25, -0.2) is 9.78 Å². The summed E-state index contributed by atoms with van der Waals surface area (Å²) in [5.74, 6) is -0.183. The molecule has 82 valence electrons. The quantitative estimate of drug-likeness (QED) is 0.910. The van der Waals surface area contributed by atoms with Crippen LogP contribution in [-0.4, -0.2) is 20.4 Å². The maximum Gasteiger partial charge on any atom is 0.335 e. The molecule has 0 spiro atoms. The number of carbonyl (C=O) groups is 1. The molecular weight excluding hydrogens is 244 g/mol. The van der Waals surface area contributed by atoms with Crippen LogP contribution < -0.4 is 0 Å². The van der Waals surface area contributed by atoms with Crippen LogP contribution in [0.4, 0.5) is 0 Å². The SMILES string of the molecule is Cc1nsc(Sc2cccc(C(=O)O)c2)n1. The number of aromatic nitrogens is 2. The Hall–Kier alpha value is -1.40. The summed E-state index contributed by atoms with van der Waals surface area (Å²) in [7, 11) is 0. The van der Waals surface area contributed by atoms with Crippen molar-refractivity contribution in [3.05, 3.63) is 35.7 Å². The molecule has 1 aromatic heterocycles. The molecular formula is C10H8N2O2S2. The minimum absolute atomic E-state index is 0.284. The lowest BCUT2D eigenvalue weighted by Gasteiger charge is -1.98. The first-order chi connectivity index (χ1) is 7.65. The molecule has 0 bridgehead atoms. The van der Waals surface area contributed by atoms with Crippen molar-refractivity contribution in [3.63, 3.8) is 0 Å². The van der Waals surface area contributed by atoms with Crippen LogP contribution in [0.15, 0.2) is 33.5 Å². The van der Waals surface area contributed by atoms with Crippen LogP contribution in [-0.2, 0) is 0 Å². The number of nitrogens with zero attached hydrogens (tertiary/aromatic N) is 2. The number of hydrogen-bond acceptors (Lipinski definition) is 5. The van der Waals surface area contributed by atoms with Gasteiger partial charge in [-0.15, -0.1) is 0 Å². The Morgan fingerprint density at radius 2 is 2.31 bits per heavy atom. The highest BCUT2D eigenvalue weighted by atomic mass is 32.2. The van der Waals surface area contributed by atoms with Crippen LogP contribution >= 0.6 is 23.3 Å². The lowest BCUT2D eigenvalue weighted by Crippen LogP contribution is -1.95. The van der Waals surface area contributed by atoms with Gasteiger partial charge in [0.25, 0.3) is 0 Å². The van der Waals surface area contributed by atoms with Gasteiger partial charge in [0.05, 0.1) is 5.56 Å². The van der Waals surface area contributed by atoms with Gasteiger partial charge in [-0.2, -0.15) is 4.37 Å². The molecule has 1 N–H and O–H groups in total. The third-order valence-electron chi connectivity index (χ3n) is 1.80. The van der Waals surface area contributed by atoms with E-state index in [1.165, 1.54) is 23.3 Å². The lowest BCUT2D eigenvalue weighted by molar-refractivity contribution is 0.0696. The second-order valence-corrected chi connectivity index (χ2v) is 5.12. The molecule has 0 aliphatic heterocycles. The van der Waals surface area contributed by atoms with E-state index in [0.29, 0.717) is 0 Å². The number of aryl methyl sites for hydroxylation is 1. The molecule has 0 radical (unpaired) electrons. The van der Waals surface area contributed by atoms with Crippen molar-refractivity contribution in [2.75, 3.05) is 0 Å². The van der Waals surface area contributed by atoms with E-state index in [0.717, 1.165) is 15.1 Å². The second kappa shape index (κ2) is 4.63. The van der Waals surface area contributed by atoms with E-state index in [2.05, 4.69) is 9.36 Å². The highest BCUT2D eigenvalue weighted by Gasteiger charge is 2.06. The third-order valence-corrected chi connectivity index (χ3v) is 3.63. The van der Waals surface area contributed by atoms with Crippen molar-refractivity contribution >= 4 is 29.3 Å². The van der Waals surface area contributed by atoms with Crippen LogP contribution in [0.5, 0.6) is 0 Å². The maximum atomic E-state index is 10.8. The first-order valence-electron chi connectivity index (χ1n) is 4.46. The summed E-state index contributed by atoms with van der Waals surface area (Å²) >= 11 is 2.73. The average molecular weight is 252 g/mol. The summed E-state index contributed by atoms with van der Waals surface area (Å²) in [6.45, 7) is 1.83. The first-order valence-corrected chi connectivity index (χ1v) is 6.05. The van der Waals surface area contributed by atoms with Crippen molar-refractivity contribution in [1.82, 2.24) is 9.36 Å². The van der Waals surface area contributed by atoms with E-state index < -0.39 is 5.97 Å². The van der Waals surface area contributed by atoms with Crippen molar-refractivity contribution in [1.29, 1.82) is 0 Å². The fourth-order valence-electron chi connectivity index (χ4n) is 1.11. The normalized spacial score (nSPS) is 10.3. The van der Waals surface area contributed by atoms with Gasteiger partial charge in [0.15, 0.2) is 4.34 Å². The van der Waals surface area contributed by atoms with Gasteiger partial charge in [0.1, 0.15) is 5.82 Å². The third kappa shape index (κ3) is 2.59. The monoisotopic (exact) mass is 252 g/mol. The molecule has 0 unspecified atom stereocenters. The lowest BCUT2D eigenvalue weighted by atomic mass is 10.2. The zero-order valence-corrected chi connectivity index (χ0v) is 10.0. The molecule has 0 saturated heterocycles. The highest BCUT2D eigenvalue weighted by Crippen LogP contribution is 2.29. The van der Waals surface area contributed by atoms with Gasteiger partial charge in [0.2, 0.25) is 0 Å². The molecule has 16 heavy (non-hydrogen) atoms. The second-order valence-electron chi connectivity index (χ2n) is 3.04. The molecule has 4 nitrogen and oxygen atoms in total. The zero-order valence-electron chi connectivity index (χ0n) is 8.38. The summed E-state index contributed by atoms with van der Waals surface area (Å²) in [6, 6.07) is 6.77. The topological polar surface area (TPSA) is 63.1 Å². The Morgan fingerprint density at radius 1 is 1.50 bits per heavy atom. The molecule has 0 aliphatic carbocycles. The first kappa shape index (κ1) is 11.1. The Labute approximate surface area is 101 Å². The molecule has 2 rings (SSSR count). The number of rotatable bonds is 3. The molecule has 1 aromatic carbocycles. The van der Waals surface area contributed by atoms with E-state index in [1.54, 1.807) is 18.2 Å². The number of carboxylic acid groups (broad SMARTS) is 1. The predicted octanol–water partition coefficient (Wildman–Crippen LogP) is 2.70. The van der Waals surface area contributed by atoms with E-state index >= 15 is 0 Å². The van der Waals surface area contributed by atoms with E-state index in [4.69, 9.17) is 5.11 Å². The summed E-state index contributed by atoms with van der Waals surface area (Å²) < 4.78 is 4.88. The Bertz CT molecular complexity index is 525. The molecule has 0 atom stereocenters. The van der Waals surface area contributed by atoms with Crippen molar-refractivity contribution in [2.24, 2.45) is 0 Å². The maximum absolute atomic E-state index is 10.8. The molecule has 1 heterocycles. The van der Waals surface area contributed by atoms with Crippen molar-refractivity contribution in [3.8, 4) is 0 Å².